The first-order valence-corrected chi connectivity index (χ1v) is 4.42. The van der Waals surface area contributed by atoms with Crippen molar-refractivity contribution in [1.82, 2.24) is 0 Å². The third-order valence-electron chi connectivity index (χ3n) is 2.22. The highest BCUT2D eigenvalue weighted by Crippen LogP contribution is 2.06. The maximum atomic E-state index is 5.58. The quantitative estimate of drug-likeness (QED) is 0.566. The Morgan fingerprint density at radius 2 is 2.14 bits per heavy atom. The number of fused-ring (bicyclic) bond motifs is 3. The minimum atomic E-state index is 0.660. The largest absolute Gasteiger partial charge is 0.438 e. The molecular formula is C12H7NO. The number of allylic oxidation sites excluding steroid dienone is 1. The SMILES string of the molecule is C1=CC=c2c(oc3ccccc23)=NC=1. The summed E-state index contributed by atoms with van der Waals surface area (Å²) in [6.07, 6.45) is 5.43. The second-order valence-electron chi connectivity index (χ2n) is 3.08. The van der Waals surface area contributed by atoms with Crippen molar-refractivity contribution in [2.24, 2.45) is 4.99 Å². The molecule has 2 aromatic rings. The number of nitrogens with zero attached hydrogens (tertiary/aromatic N) is 1. The molecule has 2 heterocycles. The van der Waals surface area contributed by atoms with E-state index in [0.29, 0.717) is 5.55 Å². The minimum Gasteiger partial charge on any atom is -0.438 e. The van der Waals surface area contributed by atoms with Crippen LogP contribution in [0.2, 0.25) is 0 Å². The van der Waals surface area contributed by atoms with Crippen molar-refractivity contribution in [3.63, 3.8) is 0 Å². The number of furan rings is 1. The second-order valence-corrected chi connectivity index (χ2v) is 3.08. The smallest absolute Gasteiger partial charge is 0.227 e. The number of para-hydroxylation sites is 1. The van der Waals surface area contributed by atoms with E-state index in [0.717, 1.165) is 16.2 Å². The Labute approximate surface area is 80.2 Å². The molecule has 3 rings (SSSR count). The van der Waals surface area contributed by atoms with E-state index < -0.39 is 0 Å². The fourth-order valence-corrected chi connectivity index (χ4v) is 1.58. The van der Waals surface area contributed by atoms with Gasteiger partial charge in [-0.05, 0) is 18.2 Å². The molecule has 0 bridgehead atoms. The van der Waals surface area contributed by atoms with E-state index in [9.17, 15) is 0 Å². The Morgan fingerprint density at radius 3 is 3.14 bits per heavy atom. The average molecular weight is 181 g/mol. The van der Waals surface area contributed by atoms with E-state index in [2.05, 4.69) is 10.7 Å². The highest BCUT2D eigenvalue weighted by atomic mass is 16.3. The highest BCUT2D eigenvalue weighted by molar-refractivity contribution is 5.78. The molecule has 0 aliphatic carbocycles. The van der Waals surface area contributed by atoms with Gasteiger partial charge in [-0.15, -0.1) is 5.73 Å². The summed E-state index contributed by atoms with van der Waals surface area (Å²) < 4.78 is 5.58. The lowest BCUT2D eigenvalue weighted by atomic mass is 10.2. The first kappa shape index (κ1) is 7.36. The lowest BCUT2D eigenvalue weighted by Crippen LogP contribution is -2.18. The van der Waals surface area contributed by atoms with Crippen molar-refractivity contribution in [3.05, 3.63) is 53.0 Å². The van der Waals surface area contributed by atoms with Crippen LogP contribution in [0, 0.1) is 0 Å². The predicted molar refractivity (Wildman–Crippen MR) is 54.1 cm³/mol. The topological polar surface area (TPSA) is 25.5 Å². The molecule has 0 N–H and O–H groups in total. The lowest BCUT2D eigenvalue weighted by Gasteiger charge is -1.82. The number of hydrogen-bond acceptors (Lipinski definition) is 2. The monoisotopic (exact) mass is 181 g/mol. The molecule has 0 saturated heterocycles. The van der Waals surface area contributed by atoms with Crippen LogP contribution in [-0.4, -0.2) is 0 Å². The van der Waals surface area contributed by atoms with Crippen molar-refractivity contribution in [1.29, 1.82) is 0 Å². The van der Waals surface area contributed by atoms with Crippen LogP contribution < -0.4 is 10.8 Å². The lowest BCUT2D eigenvalue weighted by molar-refractivity contribution is 0.553. The van der Waals surface area contributed by atoms with E-state index in [1.54, 1.807) is 6.20 Å². The van der Waals surface area contributed by atoms with Crippen LogP contribution in [0.1, 0.15) is 0 Å². The Bertz CT molecular complexity index is 670. The molecule has 1 aliphatic heterocycles. The number of rotatable bonds is 0. The third kappa shape index (κ3) is 0.951. The summed E-state index contributed by atoms with van der Waals surface area (Å²) in [6, 6.07) is 7.93. The fourth-order valence-electron chi connectivity index (χ4n) is 1.58. The second kappa shape index (κ2) is 2.72. The zero-order chi connectivity index (χ0) is 9.38. The van der Waals surface area contributed by atoms with Gasteiger partial charge in [0.2, 0.25) is 5.55 Å². The maximum absolute atomic E-state index is 5.58. The molecule has 0 amide bonds. The van der Waals surface area contributed by atoms with Gasteiger partial charge in [-0.3, -0.25) is 0 Å². The van der Waals surface area contributed by atoms with E-state index in [-0.39, 0.29) is 0 Å². The molecule has 66 valence electrons. The Kier molecular flexibility index (Phi) is 1.43. The van der Waals surface area contributed by atoms with Crippen LogP contribution in [-0.2, 0) is 0 Å². The van der Waals surface area contributed by atoms with Crippen LogP contribution in [0.5, 0.6) is 0 Å². The van der Waals surface area contributed by atoms with E-state index in [1.807, 2.05) is 36.4 Å². The molecule has 0 spiro atoms. The van der Waals surface area contributed by atoms with Crippen LogP contribution in [0.25, 0.3) is 17.0 Å². The summed E-state index contributed by atoms with van der Waals surface area (Å²) in [4.78, 5) is 4.16. The standard InChI is InChI=1S/C12H7NO/c1-2-7-11-9(5-1)10-6-3-4-8-13-12(10)14-11/h1-3,5-8H. The van der Waals surface area contributed by atoms with Crippen LogP contribution >= 0.6 is 0 Å². The van der Waals surface area contributed by atoms with Gasteiger partial charge in [0.05, 0.1) is 6.20 Å². The Balaban J connectivity index is 2.63. The Morgan fingerprint density at radius 1 is 1.21 bits per heavy atom. The Hall–Kier alpha value is -2.05. The van der Waals surface area contributed by atoms with Crippen molar-refractivity contribution >= 4 is 17.0 Å². The summed E-state index contributed by atoms with van der Waals surface area (Å²) >= 11 is 0. The molecular weight excluding hydrogens is 174 g/mol. The molecule has 1 aromatic carbocycles. The zero-order valence-electron chi connectivity index (χ0n) is 7.40. The minimum absolute atomic E-state index is 0.660. The van der Waals surface area contributed by atoms with Gasteiger partial charge in [-0.25, -0.2) is 4.99 Å². The van der Waals surface area contributed by atoms with Crippen LogP contribution in [0.4, 0.5) is 0 Å². The van der Waals surface area contributed by atoms with Gasteiger partial charge in [0.25, 0.3) is 0 Å². The van der Waals surface area contributed by atoms with E-state index in [4.69, 9.17) is 4.42 Å². The molecule has 14 heavy (non-hydrogen) atoms. The number of benzene rings is 1. The molecule has 0 atom stereocenters. The number of hydrogen-bond donors (Lipinski definition) is 0. The molecule has 0 radical (unpaired) electrons. The third-order valence-corrected chi connectivity index (χ3v) is 2.22. The highest BCUT2D eigenvalue weighted by Gasteiger charge is 2.01. The van der Waals surface area contributed by atoms with Gasteiger partial charge < -0.3 is 4.42 Å². The maximum Gasteiger partial charge on any atom is 0.227 e. The van der Waals surface area contributed by atoms with Crippen LogP contribution in [0.15, 0.2) is 51.7 Å². The molecule has 1 aliphatic rings. The average Bonchev–Trinajstić information content (AvgIpc) is 2.42. The molecule has 1 aromatic heterocycles. The molecule has 2 nitrogen and oxygen atoms in total. The summed E-state index contributed by atoms with van der Waals surface area (Å²) in [6.45, 7) is 0. The molecule has 0 saturated carbocycles. The normalized spacial score (nSPS) is 13.1. The van der Waals surface area contributed by atoms with Crippen molar-refractivity contribution in [2.45, 2.75) is 0 Å². The molecule has 0 unspecified atom stereocenters. The van der Waals surface area contributed by atoms with E-state index >= 15 is 0 Å². The van der Waals surface area contributed by atoms with Gasteiger partial charge in [0, 0.05) is 10.6 Å². The van der Waals surface area contributed by atoms with Gasteiger partial charge in [-0.2, -0.15) is 0 Å². The zero-order valence-corrected chi connectivity index (χ0v) is 7.40. The van der Waals surface area contributed by atoms with Crippen molar-refractivity contribution < 1.29 is 4.42 Å². The summed E-state index contributed by atoms with van der Waals surface area (Å²) in [5.41, 5.74) is 4.45. The predicted octanol–water partition coefficient (Wildman–Crippen LogP) is 1.52. The summed E-state index contributed by atoms with van der Waals surface area (Å²) in [7, 11) is 0. The first-order valence-electron chi connectivity index (χ1n) is 4.42. The van der Waals surface area contributed by atoms with Gasteiger partial charge >= 0.3 is 0 Å². The fraction of sp³-hybridized carbons (Fsp3) is 0. The molecule has 2 heteroatoms. The first-order chi connectivity index (χ1) is 6.95. The summed E-state index contributed by atoms with van der Waals surface area (Å²) in [5.74, 6) is 0. The summed E-state index contributed by atoms with van der Waals surface area (Å²) in [5, 5.41) is 2.13. The van der Waals surface area contributed by atoms with Crippen molar-refractivity contribution in [2.75, 3.05) is 0 Å². The van der Waals surface area contributed by atoms with E-state index in [1.165, 1.54) is 0 Å². The van der Waals surface area contributed by atoms with Gasteiger partial charge in [-0.1, -0.05) is 18.2 Å². The molecule has 0 fully saturated rings. The van der Waals surface area contributed by atoms with Gasteiger partial charge in [0.15, 0.2) is 0 Å². The van der Waals surface area contributed by atoms with Crippen molar-refractivity contribution in [3.8, 4) is 0 Å². The van der Waals surface area contributed by atoms with Gasteiger partial charge in [0.1, 0.15) is 5.58 Å². The van der Waals surface area contributed by atoms with Crippen LogP contribution in [0.3, 0.4) is 0 Å².